The molecule has 0 aliphatic carbocycles. The van der Waals surface area contributed by atoms with Crippen LogP contribution in [0.2, 0.25) is 0 Å². The number of nitrogens with zero attached hydrogens (tertiary/aromatic N) is 1. The minimum absolute atomic E-state index is 0.202. The molecule has 0 radical (unpaired) electrons. The van der Waals surface area contributed by atoms with Crippen LogP contribution in [0.5, 0.6) is 0 Å². The van der Waals surface area contributed by atoms with Crippen LogP contribution in [-0.4, -0.2) is 28.3 Å². The molecule has 0 saturated carbocycles. The molecule has 0 saturated heterocycles. The largest absolute Gasteiger partial charge is 0.387 e. The van der Waals surface area contributed by atoms with Gasteiger partial charge < -0.3 is 5.11 Å². The van der Waals surface area contributed by atoms with Crippen molar-refractivity contribution in [1.29, 1.82) is 0 Å². The van der Waals surface area contributed by atoms with Crippen molar-refractivity contribution in [2.75, 3.05) is 6.54 Å². The molecular formula is C19H24FNO. The van der Waals surface area contributed by atoms with Gasteiger partial charge in [-0.05, 0) is 25.0 Å². The molecule has 0 aromatic heterocycles. The summed E-state index contributed by atoms with van der Waals surface area (Å²) in [5.74, 6) is 0. The van der Waals surface area contributed by atoms with E-state index in [-0.39, 0.29) is 6.54 Å². The fourth-order valence-electron chi connectivity index (χ4n) is 2.32. The molecule has 118 valence electrons. The number of aliphatic hydroxyl groups is 1. The average Bonchev–Trinajstić information content (AvgIpc) is 2.48. The van der Waals surface area contributed by atoms with Crippen LogP contribution < -0.4 is 0 Å². The molecule has 1 atom stereocenters. The fourth-order valence-corrected chi connectivity index (χ4v) is 2.32. The Kier molecular flexibility index (Phi) is 5.69. The minimum atomic E-state index is -1.33. The lowest BCUT2D eigenvalue weighted by atomic mass is 10.0. The lowest BCUT2D eigenvalue weighted by molar-refractivity contribution is -0.0207. The van der Waals surface area contributed by atoms with Crippen molar-refractivity contribution in [2.45, 2.75) is 38.7 Å². The van der Waals surface area contributed by atoms with Crippen LogP contribution in [0.1, 0.15) is 25.0 Å². The van der Waals surface area contributed by atoms with Crippen LogP contribution >= 0.6 is 0 Å². The molecular weight excluding hydrogens is 277 g/mol. The summed E-state index contributed by atoms with van der Waals surface area (Å²) in [5, 5.41) is 9.87. The van der Waals surface area contributed by atoms with Crippen LogP contribution in [0.3, 0.4) is 0 Å². The van der Waals surface area contributed by atoms with Gasteiger partial charge in [-0.3, -0.25) is 4.90 Å². The van der Waals surface area contributed by atoms with Crippen molar-refractivity contribution in [3.63, 3.8) is 0 Å². The van der Waals surface area contributed by atoms with Crippen LogP contribution in [0.25, 0.3) is 0 Å². The average molecular weight is 301 g/mol. The molecule has 0 fully saturated rings. The molecule has 0 bridgehead atoms. The van der Waals surface area contributed by atoms with Gasteiger partial charge in [-0.2, -0.15) is 0 Å². The van der Waals surface area contributed by atoms with E-state index in [2.05, 4.69) is 0 Å². The lowest BCUT2D eigenvalue weighted by Crippen LogP contribution is -2.41. The highest BCUT2D eigenvalue weighted by Crippen LogP contribution is 2.17. The molecule has 0 aliphatic heterocycles. The van der Waals surface area contributed by atoms with Gasteiger partial charge in [-0.25, -0.2) is 4.39 Å². The van der Waals surface area contributed by atoms with Gasteiger partial charge in [-0.15, -0.1) is 0 Å². The smallest absolute Gasteiger partial charge is 0.141 e. The molecule has 0 spiro atoms. The Morgan fingerprint density at radius 1 is 0.909 bits per heavy atom. The monoisotopic (exact) mass is 301 g/mol. The van der Waals surface area contributed by atoms with Gasteiger partial charge in [0, 0.05) is 19.6 Å². The Labute approximate surface area is 132 Å². The second-order valence-electron chi connectivity index (χ2n) is 6.26. The summed E-state index contributed by atoms with van der Waals surface area (Å²) in [7, 11) is 0. The SMILES string of the molecule is CC(C)(O)[C@@H](F)CN(Cc1ccccc1)Cc1ccccc1. The summed E-state index contributed by atoms with van der Waals surface area (Å²) in [4.78, 5) is 2.04. The molecule has 2 aromatic carbocycles. The van der Waals surface area contributed by atoms with Gasteiger partial charge in [0.05, 0.1) is 5.60 Å². The van der Waals surface area contributed by atoms with Crippen molar-refractivity contribution >= 4 is 0 Å². The van der Waals surface area contributed by atoms with Crippen molar-refractivity contribution in [2.24, 2.45) is 0 Å². The zero-order valence-electron chi connectivity index (χ0n) is 13.2. The van der Waals surface area contributed by atoms with Crippen LogP contribution in [0.15, 0.2) is 60.7 Å². The Morgan fingerprint density at radius 2 is 1.32 bits per heavy atom. The van der Waals surface area contributed by atoms with Gasteiger partial charge >= 0.3 is 0 Å². The zero-order valence-corrected chi connectivity index (χ0v) is 13.2. The molecule has 2 rings (SSSR count). The number of benzene rings is 2. The van der Waals surface area contributed by atoms with Gasteiger partial charge in [0.25, 0.3) is 0 Å². The topological polar surface area (TPSA) is 23.5 Å². The highest BCUT2D eigenvalue weighted by molar-refractivity contribution is 5.17. The van der Waals surface area contributed by atoms with Crippen molar-refractivity contribution in [1.82, 2.24) is 4.90 Å². The molecule has 0 heterocycles. The predicted molar refractivity (Wildman–Crippen MR) is 88.2 cm³/mol. The van der Waals surface area contributed by atoms with Gasteiger partial charge in [-0.1, -0.05) is 60.7 Å². The molecule has 2 aromatic rings. The van der Waals surface area contributed by atoms with Crippen molar-refractivity contribution < 1.29 is 9.50 Å². The number of hydrogen-bond acceptors (Lipinski definition) is 2. The molecule has 0 aliphatic rings. The maximum Gasteiger partial charge on any atom is 0.141 e. The third-order valence-corrected chi connectivity index (χ3v) is 3.68. The maximum atomic E-state index is 14.3. The molecule has 1 N–H and O–H groups in total. The number of rotatable bonds is 7. The summed E-state index contributed by atoms with van der Waals surface area (Å²) in [6, 6.07) is 20.0. The van der Waals surface area contributed by atoms with Crippen LogP contribution in [0, 0.1) is 0 Å². The van der Waals surface area contributed by atoms with Gasteiger partial charge in [0.1, 0.15) is 6.17 Å². The van der Waals surface area contributed by atoms with E-state index in [0.717, 1.165) is 11.1 Å². The second kappa shape index (κ2) is 7.52. The fraction of sp³-hybridized carbons (Fsp3) is 0.368. The van der Waals surface area contributed by atoms with E-state index in [9.17, 15) is 9.50 Å². The second-order valence-corrected chi connectivity index (χ2v) is 6.26. The Bertz CT molecular complexity index is 509. The summed E-state index contributed by atoms with van der Waals surface area (Å²) in [5.41, 5.74) is 0.953. The third kappa shape index (κ3) is 5.24. The predicted octanol–water partition coefficient (Wildman–Crippen LogP) is 3.80. The quantitative estimate of drug-likeness (QED) is 0.841. The summed E-state index contributed by atoms with van der Waals surface area (Å²) in [6.07, 6.45) is -1.29. The van der Waals surface area contributed by atoms with E-state index < -0.39 is 11.8 Å². The number of halogens is 1. The highest BCUT2D eigenvalue weighted by atomic mass is 19.1. The molecule has 0 unspecified atom stereocenters. The normalized spacial score (nSPS) is 13.3. The minimum Gasteiger partial charge on any atom is -0.387 e. The zero-order chi connectivity index (χ0) is 16.0. The van der Waals surface area contributed by atoms with Crippen LogP contribution in [-0.2, 0) is 13.1 Å². The van der Waals surface area contributed by atoms with E-state index in [4.69, 9.17) is 0 Å². The van der Waals surface area contributed by atoms with Crippen molar-refractivity contribution in [3.05, 3.63) is 71.8 Å². The first kappa shape index (κ1) is 16.7. The standard InChI is InChI=1S/C19H24FNO/c1-19(2,22)18(20)15-21(13-16-9-5-3-6-10-16)14-17-11-7-4-8-12-17/h3-12,18,22H,13-15H2,1-2H3/t18-/m0/s1. The maximum absolute atomic E-state index is 14.3. The Hall–Kier alpha value is -1.71. The third-order valence-electron chi connectivity index (χ3n) is 3.68. The lowest BCUT2D eigenvalue weighted by Gasteiger charge is -2.29. The molecule has 22 heavy (non-hydrogen) atoms. The van der Waals surface area contributed by atoms with Crippen molar-refractivity contribution in [3.8, 4) is 0 Å². The van der Waals surface area contributed by atoms with E-state index in [1.807, 2.05) is 65.6 Å². The molecule has 0 amide bonds. The van der Waals surface area contributed by atoms with Gasteiger partial charge in [0.2, 0.25) is 0 Å². The molecule has 2 nitrogen and oxygen atoms in total. The Balaban J connectivity index is 2.09. The summed E-state index contributed by atoms with van der Waals surface area (Å²) < 4.78 is 14.3. The van der Waals surface area contributed by atoms with Crippen LogP contribution in [0.4, 0.5) is 4.39 Å². The molecule has 3 heteroatoms. The van der Waals surface area contributed by atoms with E-state index in [1.54, 1.807) is 0 Å². The summed E-state index contributed by atoms with van der Waals surface area (Å²) in [6.45, 7) is 4.55. The Morgan fingerprint density at radius 3 is 1.68 bits per heavy atom. The summed E-state index contributed by atoms with van der Waals surface area (Å²) >= 11 is 0. The van der Waals surface area contributed by atoms with E-state index in [0.29, 0.717) is 13.1 Å². The first-order chi connectivity index (χ1) is 10.4. The number of hydrogen-bond donors (Lipinski definition) is 1. The highest BCUT2D eigenvalue weighted by Gasteiger charge is 2.28. The first-order valence-corrected chi connectivity index (χ1v) is 7.62. The first-order valence-electron chi connectivity index (χ1n) is 7.62. The van der Waals surface area contributed by atoms with E-state index in [1.165, 1.54) is 13.8 Å². The number of alkyl halides is 1. The van der Waals surface area contributed by atoms with E-state index >= 15 is 0 Å². The van der Waals surface area contributed by atoms with Gasteiger partial charge in [0.15, 0.2) is 0 Å².